The molecular weight excluding hydrogens is 930 g/mol. The summed E-state index contributed by atoms with van der Waals surface area (Å²) < 4.78 is 2.85. The van der Waals surface area contributed by atoms with Gasteiger partial charge in [0, 0.05) is 67.1 Å². The Balaban J connectivity index is 1.17. The summed E-state index contributed by atoms with van der Waals surface area (Å²) in [5.41, 5.74) is 29.9. The highest BCUT2D eigenvalue weighted by molar-refractivity contribution is 7.00. The molecule has 0 bridgehead atoms. The molecule has 1 saturated carbocycles. The van der Waals surface area contributed by atoms with Crippen molar-refractivity contribution in [2.45, 2.75) is 225 Å². The van der Waals surface area contributed by atoms with Crippen molar-refractivity contribution in [1.82, 2.24) is 4.57 Å². The molecule has 6 aromatic carbocycles. The van der Waals surface area contributed by atoms with Gasteiger partial charge in [-0.25, -0.2) is 0 Å². The molecule has 2 unspecified atom stereocenters. The van der Waals surface area contributed by atoms with Crippen LogP contribution in [0.25, 0.3) is 27.7 Å². The summed E-state index contributed by atoms with van der Waals surface area (Å²) in [5, 5.41) is 1.41. The Morgan fingerprint density at radius 3 is 1.74 bits per heavy atom. The van der Waals surface area contributed by atoms with Gasteiger partial charge in [-0.15, -0.1) is 0 Å². The minimum Gasteiger partial charge on any atom is -0.334 e. The molecule has 1 fully saturated rings. The second-order valence-electron chi connectivity index (χ2n) is 31.5. The van der Waals surface area contributed by atoms with Crippen LogP contribution in [0.1, 0.15) is 226 Å². The van der Waals surface area contributed by atoms with Gasteiger partial charge in [0.25, 0.3) is 6.71 Å². The molecule has 4 heterocycles. The van der Waals surface area contributed by atoms with Gasteiger partial charge in [-0.3, -0.25) is 0 Å². The van der Waals surface area contributed by atoms with Crippen LogP contribution in [0.3, 0.4) is 0 Å². The number of nitrogens with zero attached hydrogens (tertiary/aromatic N) is 3. The van der Waals surface area contributed by atoms with Crippen LogP contribution in [0.4, 0.5) is 28.4 Å². The Bertz CT molecular complexity index is 3760. The van der Waals surface area contributed by atoms with Crippen molar-refractivity contribution < 1.29 is 0 Å². The zero-order valence-electron chi connectivity index (χ0n) is 50.3. The van der Waals surface area contributed by atoms with Gasteiger partial charge in [-0.05, 0) is 187 Å². The number of aromatic nitrogens is 1. The third-order valence-electron chi connectivity index (χ3n) is 22.5. The summed E-state index contributed by atoms with van der Waals surface area (Å²) in [4.78, 5) is 5.70. The molecule has 3 aliphatic heterocycles. The molecule has 1 aromatic heterocycles. The van der Waals surface area contributed by atoms with Crippen LogP contribution in [0.15, 0.2) is 97.1 Å². The van der Waals surface area contributed by atoms with Gasteiger partial charge in [0.05, 0.1) is 5.54 Å². The highest BCUT2D eigenvalue weighted by Gasteiger charge is 2.59. The van der Waals surface area contributed by atoms with E-state index in [1.807, 2.05) is 0 Å². The van der Waals surface area contributed by atoms with Gasteiger partial charge in [-0.1, -0.05) is 185 Å². The number of anilines is 5. The number of hydrogen-bond acceptors (Lipinski definition) is 2. The summed E-state index contributed by atoms with van der Waals surface area (Å²) in [7, 11) is 0. The molecule has 0 N–H and O–H groups in total. The summed E-state index contributed by atoms with van der Waals surface area (Å²) in [6.07, 6.45) is 9.59. The SMILES string of the molecule is CC(C)(C)c1ccc2c(c1)C1(C)CCCCC1(C)N2c1cc2c3c(c1)-n1c4c(c5cc(C(C)(C)C)cc(c51)B3c1cc3c(cc1N2c1ccc2c(c1)C(C)(C)CCC2(C)C)C(C)(C)CCC3(C)C)-c1ccccc1C4(C)C. The van der Waals surface area contributed by atoms with E-state index in [0.29, 0.717) is 0 Å². The summed E-state index contributed by atoms with van der Waals surface area (Å²) in [5.74, 6) is 0. The molecule has 7 aliphatic rings. The van der Waals surface area contributed by atoms with Crippen molar-refractivity contribution in [1.29, 1.82) is 0 Å². The Labute approximate surface area is 463 Å². The largest absolute Gasteiger partial charge is 0.334 e. The average molecular weight is 1020 g/mol. The number of rotatable bonds is 2. The van der Waals surface area contributed by atoms with Crippen LogP contribution in [-0.4, -0.2) is 16.8 Å². The molecule has 0 spiro atoms. The van der Waals surface area contributed by atoms with E-state index in [2.05, 4.69) is 236 Å². The fourth-order valence-corrected chi connectivity index (χ4v) is 17.2. The first kappa shape index (κ1) is 49.8. The van der Waals surface area contributed by atoms with E-state index in [-0.39, 0.29) is 55.6 Å². The topological polar surface area (TPSA) is 11.4 Å². The lowest BCUT2D eigenvalue weighted by Crippen LogP contribution is -2.61. The highest BCUT2D eigenvalue weighted by atomic mass is 15.3. The second-order valence-corrected chi connectivity index (χ2v) is 31.5. The predicted molar refractivity (Wildman–Crippen MR) is 331 cm³/mol. The maximum Gasteiger partial charge on any atom is 0.252 e. The van der Waals surface area contributed by atoms with Crippen molar-refractivity contribution in [3.05, 3.63) is 147 Å². The van der Waals surface area contributed by atoms with E-state index >= 15 is 0 Å². The van der Waals surface area contributed by atoms with Crippen LogP contribution < -0.4 is 26.2 Å². The van der Waals surface area contributed by atoms with Gasteiger partial charge in [0.2, 0.25) is 0 Å². The summed E-state index contributed by atoms with van der Waals surface area (Å²) in [6.45, 7) is 44.9. The van der Waals surface area contributed by atoms with Crippen LogP contribution in [0, 0.1) is 0 Å². The third kappa shape index (κ3) is 6.40. The van der Waals surface area contributed by atoms with Gasteiger partial charge in [0.1, 0.15) is 0 Å². The van der Waals surface area contributed by atoms with Crippen molar-refractivity contribution >= 4 is 62.4 Å². The first-order chi connectivity index (χ1) is 35.9. The van der Waals surface area contributed by atoms with E-state index < -0.39 is 0 Å². The smallest absolute Gasteiger partial charge is 0.252 e. The van der Waals surface area contributed by atoms with Gasteiger partial charge in [0.15, 0.2) is 0 Å². The van der Waals surface area contributed by atoms with Gasteiger partial charge in [-0.2, -0.15) is 0 Å². The van der Waals surface area contributed by atoms with E-state index in [4.69, 9.17) is 0 Å². The van der Waals surface area contributed by atoms with E-state index in [0.717, 1.165) is 6.42 Å². The van der Waals surface area contributed by atoms with Crippen molar-refractivity contribution in [3.8, 4) is 16.8 Å². The molecule has 3 nitrogen and oxygen atoms in total. The molecule has 0 amide bonds. The quantitative estimate of drug-likeness (QED) is 0.160. The van der Waals surface area contributed by atoms with E-state index in [9.17, 15) is 0 Å². The molecule has 4 heteroatoms. The maximum absolute atomic E-state index is 2.89. The highest BCUT2D eigenvalue weighted by Crippen LogP contribution is 2.63. The molecule has 0 radical (unpaired) electrons. The first-order valence-electron chi connectivity index (χ1n) is 30.0. The minimum atomic E-state index is -0.241. The molecule has 0 saturated heterocycles. The standard InChI is InChI=1S/C73H86BN3/c1-65(2,3)43-25-28-57-54(36-43)72(17)29-21-22-30-73(72,18)77(57)46-39-59-62-60(40-46)76-63-48(61-47-23-19-20-24-49(47)71(15,16)64(61)76)35-44(66(4,5)6)37-56(63)74(62)55-41-52-53(70(13,14)34-33-69(52,11)12)42-58(55)75(59)45-26-27-50-51(38-45)68(9,10)32-31-67(50,7)8/h19-20,23-28,35-42H,21-22,29-34H2,1-18H3. The Kier molecular flexibility index (Phi) is 9.73. The van der Waals surface area contributed by atoms with Gasteiger partial charge < -0.3 is 14.4 Å². The lowest BCUT2D eigenvalue weighted by Gasteiger charge is -2.51. The molecule has 396 valence electrons. The Morgan fingerprint density at radius 2 is 1.06 bits per heavy atom. The first-order valence-corrected chi connectivity index (χ1v) is 30.0. The third-order valence-corrected chi connectivity index (χ3v) is 22.5. The fourth-order valence-electron chi connectivity index (χ4n) is 17.2. The average Bonchev–Trinajstić information content (AvgIpc) is 2.61. The number of fused-ring (bicyclic) bond motifs is 14. The summed E-state index contributed by atoms with van der Waals surface area (Å²) >= 11 is 0. The fraction of sp³-hybridized carbons (Fsp3) is 0.479. The zero-order chi connectivity index (χ0) is 54.5. The van der Waals surface area contributed by atoms with Crippen molar-refractivity contribution in [2.75, 3.05) is 9.80 Å². The molecule has 14 rings (SSSR count). The molecular formula is C73H86BN3. The van der Waals surface area contributed by atoms with Crippen LogP contribution in [0.5, 0.6) is 0 Å². The zero-order valence-corrected chi connectivity index (χ0v) is 50.3. The molecule has 77 heavy (non-hydrogen) atoms. The lowest BCUT2D eigenvalue weighted by atomic mass is 9.33. The van der Waals surface area contributed by atoms with E-state index in [1.165, 1.54) is 168 Å². The Morgan fingerprint density at radius 1 is 0.455 bits per heavy atom. The second kappa shape index (κ2) is 15.0. The van der Waals surface area contributed by atoms with Crippen molar-refractivity contribution in [2.24, 2.45) is 0 Å². The molecule has 4 aliphatic carbocycles. The predicted octanol–water partition coefficient (Wildman–Crippen LogP) is 17.6. The van der Waals surface area contributed by atoms with Crippen LogP contribution in [-0.2, 0) is 43.3 Å². The Hall–Kier alpha value is -5.48. The number of benzene rings is 6. The van der Waals surface area contributed by atoms with E-state index in [1.54, 1.807) is 0 Å². The maximum atomic E-state index is 2.89. The monoisotopic (exact) mass is 1020 g/mol. The normalized spacial score (nSPS) is 24.1. The molecule has 2 atom stereocenters. The minimum absolute atomic E-state index is 0.0142. The van der Waals surface area contributed by atoms with Crippen LogP contribution >= 0.6 is 0 Å². The summed E-state index contributed by atoms with van der Waals surface area (Å²) in [6, 6.07) is 41.0. The van der Waals surface area contributed by atoms with Crippen LogP contribution in [0.2, 0.25) is 0 Å². The lowest BCUT2D eigenvalue weighted by molar-refractivity contribution is 0.195. The number of hydrogen-bond donors (Lipinski definition) is 0. The van der Waals surface area contributed by atoms with Gasteiger partial charge >= 0.3 is 0 Å². The molecule has 7 aromatic rings. The van der Waals surface area contributed by atoms with Crippen molar-refractivity contribution in [3.63, 3.8) is 0 Å².